The number of ether oxygens (including phenoxy) is 1. The predicted octanol–water partition coefficient (Wildman–Crippen LogP) is 0.539. The highest BCUT2D eigenvalue weighted by molar-refractivity contribution is 5.91. The molecule has 3 N–H and O–H groups in total. The third-order valence-corrected chi connectivity index (χ3v) is 3.94. The minimum absolute atomic E-state index is 0.0348. The molecule has 6 heteroatoms. The fourth-order valence-corrected chi connectivity index (χ4v) is 2.84. The maximum Gasteiger partial charge on any atom is 0.229 e. The van der Waals surface area contributed by atoms with Gasteiger partial charge in [-0.2, -0.15) is 0 Å². The van der Waals surface area contributed by atoms with E-state index in [-0.39, 0.29) is 29.8 Å². The largest absolute Gasteiger partial charge is 0.409 e. The van der Waals surface area contributed by atoms with Gasteiger partial charge in [0.15, 0.2) is 5.84 Å². The summed E-state index contributed by atoms with van der Waals surface area (Å²) in [5, 5.41) is 11.9. The fourth-order valence-electron chi connectivity index (χ4n) is 2.84. The van der Waals surface area contributed by atoms with Crippen molar-refractivity contribution in [2.75, 3.05) is 13.2 Å². The molecule has 0 radical (unpaired) electrons. The van der Waals surface area contributed by atoms with Crippen molar-refractivity contribution in [3.63, 3.8) is 0 Å². The molecule has 2 heterocycles. The molecule has 2 aliphatic heterocycles. The number of piperidine rings is 1. The van der Waals surface area contributed by atoms with Gasteiger partial charge in [0.25, 0.3) is 0 Å². The predicted molar refractivity (Wildman–Crippen MR) is 66.3 cm³/mol. The van der Waals surface area contributed by atoms with Gasteiger partial charge in [0, 0.05) is 13.2 Å². The van der Waals surface area contributed by atoms with Crippen molar-refractivity contribution in [1.82, 2.24) is 4.90 Å². The molecule has 2 aliphatic rings. The molecule has 0 aliphatic carbocycles. The van der Waals surface area contributed by atoms with E-state index < -0.39 is 0 Å². The Balaban J connectivity index is 2.11. The third-order valence-electron chi connectivity index (χ3n) is 3.94. The summed E-state index contributed by atoms with van der Waals surface area (Å²) < 4.78 is 5.44. The van der Waals surface area contributed by atoms with E-state index in [9.17, 15) is 4.79 Å². The molecular formula is C12H21N3O3. The molecule has 2 fully saturated rings. The van der Waals surface area contributed by atoms with E-state index in [1.54, 1.807) is 4.90 Å². The number of likely N-dealkylation sites (tertiary alicyclic amines) is 1. The van der Waals surface area contributed by atoms with Crippen molar-refractivity contribution in [2.45, 2.75) is 44.8 Å². The van der Waals surface area contributed by atoms with Crippen molar-refractivity contribution < 1.29 is 14.7 Å². The van der Waals surface area contributed by atoms with Gasteiger partial charge in [-0.3, -0.25) is 4.79 Å². The molecule has 3 unspecified atom stereocenters. The number of amides is 1. The van der Waals surface area contributed by atoms with Crippen LogP contribution >= 0.6 is 0 Å². The fraction of sp³-hybridized carbons (Fsp3) is 0.833. The molecule has 0 bridgehead atoms. The van der Waals surface area contributed by atoms with Gasteiger partial charge < -0.3 is 20.6 Å². The lowest BCUT2D eigenvalue weighted by atomic mass is 9.95. The number of nitrogens with zero attached hydrogens (tertiary/aromatic N) is 2. The summed E-state index contributed by atoms with van der Waals surface area (Å²) in [6, 6.07) is -0.260. The Kier molecular flexibility index (Phi) is 4.06. The zero-order valence-electron chi connectivity index (χ0n) is 10.7. The number of hydrogen-bond acceptors (Lipinski definition) is 4. The molecule has 102 valence electrons. The highest BCUT2D eigenvalue weighted by atomic mass is 16.5. The van der Waals surface area contributed by atoms with Crippen LogP contribution in [0.15, 0.2) is 5.16 Å². The van der Waals surface area contributed by atoms with E-state index >= 15 is 0 Å². The first-order valence-corrected chi connectivity index (χ1v) is 6.54. The Morgan fingerprint density at radius 1 is 1.44 bits per heavy atom. The second kappa shape index (κ2) is 5.56. The molecular weight excluding hydrogens is 234 g/mol. The second-order valence-corrected chi connectivity index (χ2v) is 5.04. The normalized spacial score (nSPS) is 33.7. The topological polar surface area (TPSA) is 88.2 Å². The first kappa shape index (κ1) is 13.1. The molecule has 1 amide bonds. The van der Waals surface area contributed by atoms with Crippen LogP contribution in [0.3, 0.4) is 0 Å². The molecule has 2 saturated heterocycles. The Bertz CT molecular complexity index is 345. The summed E-state index contributed by atoms with van der Waals surface area (Å²) in [7, 11) is 0. The summed E-state index contributed by atoms with van der Waals surface area (Å²) in [5.74, 6) is 0.128. The van der Waals surface area contributed by atoms with Gasteiger partial charge in [-0.1, -0.05) is 5.16 Å². The number of carbonyl (C=O) groups is 1. The smallest absolute Gasteiger partial charge is 0.229 e. The van der Waals surface area contributed by atoms with E-state index in [0.717, 1.165) is 25.7 Å². The molecule has 0 aromatic carbocycles. The van der Waals surface area contributed by atoms with Crippen LogP contribution in [-0.4, -0.2) is 47.1 Å². The van der Waals surface area contributed by atoms with Gasteiger partial charge in [0.2, 0.25) is 5.91 Å². The van der Waals surface area contributed by atoms with Crippen LogP contribution in [0.4, 0.5) is 0 Å². The van der Waals surface area contributed by atoms with Gasteiger partial charge >= 0.3 is 0 Å². The lowest BCUT2D eigenvalue weighted by Crippen LogP contribution is -2.53. The monoisotopic (exact) mass is 255 g/mol. The lowest BCUT2D eigenvalue weighted by molar-refractivity contribution is -0.139. The summed E-state index contributed by atoms with van der Waals surface area (Å²) in [6.45, 7) is 3.25. The zero-order chi connectivity index (χ0) is 13.1. The van der Waals surface area contributed by atoms with Gasteiger partial charge in [-0.05, 0) is 32.6 Å². The number of carbonyl (C=O) groups excluding carboxylic acids is 1. The Morgan fingerprint density at radius 3 is 2.83 bits per heavy atom. The van der Waals surface area contributed by atoms with Crippen molar-refractivity contribution in [1.29, 1.82) is 0 Å². The van der Waals surface area contributed by atoms with Crippen molar-refractivity contribution in [3.05, 3.63) is 0 Å². The van der Waals surface area contributed by atoms with E-state index in [1.807, 2.05) is 6.92 Å². The van der Waals surface area contributed by atoms with Crippen molar-refractivity contribution in [3.8, 4) is 0 Å². The minimum Gasteiger partial charge on any atom is -0.409 e. The quantitative estimate of drug-likeness (QED) is 0.326. The van der Waals surface area contributed by atoms with E-state index in [0.29, 0.717) is 13.2 Å². The molecule has 6 nitrogen and oxygen atoms in total. The molecule has 2 rings (SSSR count). The van der Waals surface area contributed by atoms with Gasteiger partial charge in [-0.15, -0.1) is 0 Å². The zero-order valence-corrected chi connectivity index (χ0v) is 10.7. The van der Waals surface area contributed by atoms with Crippen molar-refractivity contribution in [2.24, 2.45) is 16.8 Å². The summed E-state index contributed by atoms with van der Waals surface area (Å²) in [4.78, 5) is 14.3. The number of nitrogens with two attached hydrogens (primary N) is 1. The first-order chi connectivity index (χ1) is 8.65. The Hall–Kier alpha value is -1.30. The SMILES string of the molecule is CC1OCCC1C(=O)N1CCCCC1C(N)=NO. The van der Waals surface area contributed by atoms with Gasteiger partial charge in [0.05, 0.1) is 18.1 Å². The second-order valence-electron chi connectivity index (χ2n) is 5.04. The Morgan fingerprint density at radius 2 is 2.22 bits per heavy atom. The molecule has 18 heavy (non-hydrogen) atoms. The van der Waals surface area contributed by atoms with E-state index in [1.165, 1.54) is 0 Å². The average molecular weight is 255 g/mol. The molecule has 0 spiro atoms. The molecule has 0 saturated carbocycles. The maximum absolute atomic E-state index is 12.5. The summed E-state index contributed by atoms with van der Waals surface area (Å²) >= 11 is 0. The van der Waals surface area contributed by atoms with Crippen LogP contribution in [0.2, 0.25) is 0 Å². The van der Waals surface area contributed by atoms with Crippen LogP contribution in [0.1, 0.15) is 32.6 Å². The van der Waals surface area contributed by atoms with E-state index in [2.05, 4.69) is 5.16 Å². The van der Waals surface area contributed by atoms with Crippen LogP contribution in [0.25, 0.3) is 0 Å². The van der Waals surface area contributed by atoms with Gasteiger partial charge in [0.1, 0.15) is 0 Å². The van der Waals surface area contributed by atoms with Crippen LogP contribution < -0.4 is 5.73 Å². The van der Waals surface area contributed by atoms with Crippen LogP contribution in [0, 0.1) is 5.92 Å². The third kappa shape index (κ3) is 2.43. The maximum atomic E-state index is 12.5. The number of amidine groups is 1. The molecule has 3 atom stereocenters. The average Bonchev–Trinajstić information content (AvgIpc) is 2.83. The first-order valence-electron chi connectivity index (χ1n) is 6.54. The number of hydrogen-bond donors (Lipinski definition) is 2. The van der Waals surface area contributed by atoms with Crippen molar-refractivity contribution >= 4 is 11.7 Å². The number of rotatable bonds is 2. The molecule has 0 aromatic heterocycles. The van der Waals surface area contributed by atoms with Crippen LogP contribution in [0.5, 0.6) is 0 Å². The standard InChI is InChI=1S/C12H21N3O3/c1-8-9(5-7-18-8)12(16)15-6-3-2-4-10(15)11(13)14-17/h8-10,17H,2-7H2,1H3,(H2,13,14). The minimum atomic E-state index is -0.260. The van der Waals surface area contributed by atoms with Gasteiger partial charge in [-0.25, -0.2) is 0 Å². The van der Waals surface area contributed by atoms with Crippen LogP contribution in [-0.2, 0) is 9.53 Å². The highest BCUT2D eigenvalue weighted by Crippen LogP contribution is 2.26. The lowest BCUT2D eigenvalue weighted by Gasteiger charge is -2.36. The molecule has 0 aromatic rings. The summed E-state index contributed by atoms with van der Waals surface area (Å²) in [5.41, 5.74) is 5.68. The Labute approximate surface area is 107 Å². The van der Waals surface area contributed by atoms with E-state index in [4.69, 9.17) is 15.7 Å². The number of oxime groups is 1. The highest BCUT2D eigenvalue weighted by Gasteiger charge is 2.38. The summed E-state index contributed by atoms with van der Waals surface area (Å²) in [6.07, 6.45) is 3.47.